The van der Waals surface area contributed by atoms with E-state index in [1.165, 1.54) is 19.3 Å². The van der Waals surface area contributed by atoms with Gasteiger partial charge < -0.3 is 10.6 Å². The first-order valence-corrected chi connectivity index (χ1v) is 7.77. The molecule has 1 amide bonds. The molecule has 0 aliphatic carbocycles. The van der Waals surface area contributed by atoms with Crippen molar-refractivity contribution in [3.05, 3.63) is 0 Å². The Morgan fingerprint density at radius 2 is 1.89 bits per heavy atom. The molecule has 1 atom stereocenters. The zero-order valence-corrected chi connectivity index (χ0v) is 14.0. The molecule has 0 aromatic rings. The fourth-order valence-corrected chi connectivity index (χ4v) is 2.07. The molecule has 2 N–H and O–H groups in total. The van der Waals surface area contributed by atoms with Crippen molar-refractivity contribution in [2.75, 3.05) is 6.54 Å². The van der Waals surface area contributed by atoms with Crippen LogP contribution in [0.4, 0.5) is 0 Å². The van der Waals surface area contributed by atoms with Crippen LogP contribution in [0.5, 0.6) is 0 Å². The molecule has 0 aromatic heterocycles. The molecule has 0 rings (SSSR count). The number of carbonyl (C=O) groups excluding carboxylic acids is 1. The maximum absolute atomic E-state index is 11.7. The Morgan fingerprint density at radius 1 is 1.26 bits per heavy atom. The normalized spacial score (nSPS) is 12.9. The maximum atomic E-state index is 11.7. The molecule has 4 heteroatoms. The van der Waals surface area contributed by atoms with Crippen LogP contribution in [-0.4, -0.2) is 17.6 Å². The summed E-state index contributed by atoms with van der Waals surface area (Å²) in [6, 6.07) is 0. The lowest BCUT2D eigenvalue weighted by Crippen LogP contribution is -2.42. The molecule has 0 saturated heterocycles. The van der Waals surface area contributed by atoms with Crippen LogP contribution >= 0.6 is 12.2 Å². The molecule has 0 heterocycles. The molecule has 0 radical (unpaired) electrons. The van der Waals surface area contributed by atoms with E-state index in [1.54, 1.807) is 0 Å². The number of thiocarbonyl (C=S) groups is 1. The smallest absolute Gasteiger partial charge is 0.226 e. The number of hydrogen-bond donors (Lipinski definition) is 2. The van der Waals surface area contributed by atoms with E-state index in [2.05, 4.69) is 24.5 Å². The topological polar surface area (TPSA) is 41.1 Å². The molecule has 112 valence electrons. The van der Waals surface area contributed by atoms with Crippen molar-refractivity contribution < 1.29 is 4.79 Å². The second-order valence-electron chi connectivity index (χ2n) is 6.41. The van der Waals surface area contributed by atoms with Gasteiger partial charge >= 0.3 is 0 Å². The summed E-state index contributed by atoms with van der Waals surface area (Å²) in [4.78, 5) is 11.7. The van der Waals surface area contributed by atoms with Gasteiger partial charge in [-0.3, -0.25) is 4.79 Å². The highest BCUT2D eigenvalue weighted by Crippen LogP contribution is 2.17. The minimum absolute atomic E-state index is 0.00717. The van der Waals surface area contributed by atoms with Crippen molar-refractivity contribution in [2.45, 2.75) is 66.7 Å². The Labute approximate surface area is 123 Å². The molecule has 0 spiro atoms. The van der Waals surface area contributed by atoms with Crippen molar-refractivity contribution >= 4 is 23.2 Å². The van der Waals surface area contributed by atoms with Gasteiger partial charge in [0.1, 0.15) is 0 Å². The first-order valence-electron chi connectivity index (χ1n) is 7.36. The van der Waals surface area contributed by atoms with E-state index in [0.29, 0.717) is 17.5 Å². The minimum Gasteiger partial charge on any atom is -0.362 e. The van der Waals surface area contributed by atoms with Gasteiger partial charge in [-0.2, -0.15) is 0 Å². The van der Waals surface area contributed by atoms with Gasteiger partial charge in [-0.1, -0.05) is 53.9 Å². The Morgan fingerprint density at radius 3 is 2.37 bits per heavy atom. The third-order valence-corrected chi connectivity index (χ3v) is 3.28. The van der Waals surface area contributed by atoms with Crippen LogP contribution in [0.3, 0.4) is 0 Å². The fourth-order valence-electron chi connectivity index (χ4n) is 1.88. The molecular weight excluding hydrogens is 256 g/mol. The van der Waals surface area contributed by atoms with E-state index < -0.39 is 0 Å². The summed E-state index contributed by atoms with van der Waals surface area (Å²) in [7, 11) is 0. The predicted octanol–water partition coefficient (Wildman–Crippen LogP) is 3.63. The lowest BCUT2D eigenvalue weighted by Gasteiger charge is -2.19. The number of nitrogens with one attached hydrogen (secondary N) is 2. The fraction of sp³-hybridized carbons (Fsp3) is 0.867. The Balaban J connectivity index is 3.94. The third kappa shape index (κ3) is 10.9. The minimum atomic E-state index is -0.00777. The number of unbranched alkanes of at least 4 members (excludes halogenated alkanes) is 1. The van der Waals surface area contributed by atoms with Crippen molar-refractivity contribution in [3.63, 3.8) is 0 Å². The molecule has 3 nitrogen and oxygen atoms in total. The predicted molar refractivity (Wildman–Crippen MR) is 86.1 cm³/mol. The zero-order chi connectivity index (χ0) is 14.9. The molecule has 19 heavy (non-hydrogen) atoms. The molecule has 0 saturated carbocycles. The second kappa shape index (κ2) is 9.29. The van der Waals surface area contributed by atoms with Gasteiger partial charge in [0.05, 0.1) is 0 Å². The maximum Gasteiger partial charge on any atom is 0.226 e. The largest absolute Gasteiger partial charge is 0.362 e. The van der Waals surface area contributed by atoms with Gasteiger partial charge in [-0.25, -0.2) is 0 Å². The highest BCUT2D eigenvalue weighted by molar-refractivity contribution is 7.80. The molecule has 0 fully saturated rings. The van der Waals surface area contributed by atoms with Gasteiger partial charge in [0, 0.05) is 13.0 Å². The van der Waals surface area contributed by atoms with Gasteiger partial charge in [-0.15, -0.1) is 0 Å². The standard InChI is InChI=1S/C15H30N2OS/c1-6-8-9-12(7-2)11-16-14(19)17-13(18)10-15(3,4)5/h12H,6-11H2,1-5H3,(H2,16,17,18,19). The highest BCUT2D eigenvalue weighted by atomic mass is 32.1. The van der Waals surface area contributed by atoms with E-state index in [0.717, 1.165) is 13.0 Å². The molecule has 0 bridgehead atoms. The van der Waals surface area contributed by atoms with Gasteiger partial charge in [0.2, 0.25) is 5.91 Å². The number of amides is 1. The average Bonchev–Trinajstić information content (AvgIpc) is 2.26. The Bertz CT molecular complexity index is 284. The van der Waals surface area contributed by atoms with Crippen molar-refractivity contribution in [1.82, 2.24) is 10.6 Å². The molecule has 0 aromatic carbocycles. The summed E-state index contributed by atoms with van der Waals surface area (Å²) in [6.07, 6.45) is 5.33. The first-order chi connectivity index (χ1) is 8.78. The van der Waals surface area contributed by atoms with Crippen LogP contribution < -0.4 is 10.6 Å². The molecule has 0 aliphatic heterocycles. The lowest BCUT2D eigenvalue weighted by atomic mass is 9.92. The van der Waals surface area contributed by atoms with E-state index in [4.69, 9.17) is 12.2 Å². The van der Waals surface area contributed by atoms with E-state index >= 15 is 0 Å². The number of hydrogen-bond acceptors (Lipinski definition) is 2. The monoisotopic (exact) mass is 286 g/mol. The van der Waals surface area contributed by atoms with Crippen LogP contribution in [0.1, 0.15) is 66.7 Å². The second-order valence-corrected chi connectivity index (χ2v) is 6.82. The van der Waals surface area contributed by atoms with Crippen LogP contribution in [-0.2, 0) is 4.79 Å². The van der Waals surface area contributed by atoms with Gasteiger partial charge in [0.15, 0.2) is 5.11 Å². The summed E-state index contributed by atoms with van der Waals surface area (Å²) in [5, 5.41) is 6.37. The van der Waals surface area contributed by atoms with Crippen LogP contribution in [0.2, 0.25) is 0 Å². The average molecular weight is 286 g/mol. The van der Waals surface area contributed by atoms with Gasteiger partial charge in [0.25, 0.3) is 0 Å². The van der Waals surface area contributed by atoms with Crippen molar-refractivity contribution in [1.29, 1.82) is 0 Å². The summed E-state index contributed by atoms with van der Waals surface area (Å²) in [6.45, 7) is 11.4. The van der Waals surface area contributed by atoms with Crippen molar-refractivity contribution in [3.8, 4) is 0 Å². The number of rotatable bonds is 7. The van der Waals surface area contributed by atoms with E-state index in [9.17, 15) is 4.79 Å². The van der Waals surface area contributed by atoms with Crippen molar-refractivity contribution in [2.24, 2.45) is 11.3 Å². The summed E-state index contributed by atoms with van der Waals surface area (Å²) < 4.78 is 0. The van der Waals surface area contributed by atoms with Crippen LogP contribution in [0, 0.1) is 11.3 Å². The van der Waals surface area contributed by atoms with E-state index in [1.807, 2.05) is 20.8 Å². The SMILES string of the molecule is CCCCC(CC)CNC(=S)NC(=O)CC(C)(C)C. The highest BCUT2D eigenvalue weighted by Gasteiger charge is 2.16. The summed E-state index contributed by atoms with van der Waals surface area (Å²) in [5.41, 5.74) is -0.00717. The molecular formula is C15H30N2OS. The molecule has 1 unspecified atom stereocenters. The Hall–Kier alpha value is -0.640. The Kier molecular flexibility index (Phi) is 8.98. The summed E-state index contributed by atoms with van der Waals surface area (Å²) >= 11 is 5.16. The molecule has 0 aliphatic rings. The summed E-state index contributed by atoms with van der Waals surface area (Å²) in [5.74, 6) is 0.629. The van der Waals surface area contributed by atoms with Crippen LogP contribution in [0.25, 0.3) is 0 Å². The van der Waals surface area contributed by atoms with E-state index in [-0.39, 0.29) is 11.3 Å². The quantitative estimate of drug-likeness (QED) is 0.702. The number of carbonyl (C=O) groups is 1. The first kappa shape index (κ1) is 18.4. The lowest BCUT2D eigenvalue weighted by molar-refractivity contribution is -0.121. The third-order valence-electron chi connectivity index (χ3n) is 3.04. The zero-order valence-electron chi connectivity index (χ0n) is 13.1. The van der Waals surface area contributed by atoms with Gasteiger partial charge in [-0.05, 0) is 30.0 Å². The van der Waals surface area contributed by atoms with Crippen LogP contribution in [0.15, 0.2) is 0 Å².